The minimum Gasteiger partial charge on any atom is -0.432 e. The number of aryl methyl sites for hydroxylation is 2. The van der Waals surface area contributed by atoms with Gasteiger partial charge < -0.3 is 14.2 Å². The van der Waals surface area contributed by atoms with E-state index < -0.39 is 12.5 Å². The number of nitrogens with one attached hydrogen (secondary N) is 2. The number of hydrazine groups is 1. The molecule has 0 spiro atoms. The summed E-state index contributed by atoms with van der Waals surface area (Å²) in [7, 11) is 0. The molecule has 4 rings (SSSR count). The van der Waals surface area contributed by atoms with Gasteiger partial charge in [-0.2, -0.15) is 10.5 Å². The predicted molar refractivity (Wildman–Crippen MR) is 165 cm³/mol. The molecule has 44 heavy (non-hydrogen) atoms. The van der Waals surface area contributed by atoms with Crippen LogP contribution in [0.25, 0.3) is 0 Å². The number of hydrazone groups is 1. The molecule has 0 saturated carbocycles. The Bertz CT molecular complexity index is 1490. The number of aliphatic imine (C=N–C) groups is 2. The topological polar surface area (TPSA) is 109 Å². The van der Waals surface area contributed by atoms with Gasteiger partial charge in [0.25, 0.3) is 0 Å². The van der Waals surface area contributed by atoms with Crippen LogP contribution in [0.4, 0.5) is 29.3 Å². The number of carbonyl (C=O) groups is 1. The quantitative estimate of drug-likeness (QED) is 0.0848. The molecule has 3 aromatic carbocycles. The van der Waals surface area contributed by atoms with E-state index in [0.29, 0.717) is 10.9 Å². The molecule has 10 nitrogen and oxygen atoms in total. The number of ether oxygens (including phenoxy) is 3. The van der Waals surface area contributed by atoms with Gasteiger partial charge in [0.15, 0.2) is 5.17 Å². The van der Waals surface area contributed by atoms with E-state index in [9.17, 15) is 18.0 Å². The Hall–Kier alpha value is -4.56. The van der Waals surface area contributed by atoms with Gasteiger partial charge >= 0.3 is 12.5 Å². The fraction of sp³-hybridized carbons (Fsp3) is 0.267. The monoisotopic (exact) mass is 628 g/mol. The fourth-order valence-electron chi connectivity index (χ4n) is 3.90. The standard InChI is InChI=1S/C30H31F3N6O4S/c1-19(2)42-29(40)41-18-44-28(36-26-20(3)6-5-7-21(26)4)37-35-16-22-8-10-23(11-9-22)27-34-17-39(38-27)24-12-14-25(15-13-24)43-30(31,32)33/h5-17,19,27,38H,18H2,1-4H3,(H,36,37)/b35-16+. The van der Waals surface area contributed by atoms with Gasteiger partial charge in [-0.15, -0.1) is 13.2 Å². The molecule has 1 aliphatic heterocycles. The lowest BCUT2D eigenvalue weighted by Crippen LogP contribution is -2.33. The summed E-state index contributed by atoms with van der Waals surface area (Å²) < 4.78 is 51.3. The third-order valence-corrected chi connectivity index (χ3v) is 6.62. The van der Waals surface area contributed by atoms with E-state index in [2.05, 4.69) is 25.7 Å². The third kappa shape index (κ3) is 9.74. The van der Waals surface area contributed by atoms with Gasteiger partial charge in [-0.1, -0.05) is 42.5 Å². The summed E-state index contributed by atoms with van der Waals surface area (Å²) in [5.74, 6) is -0.327. The van der Waals surface area contributed by atoms with Crippen LogP contribution in [0.2, 0.25) is 0 Å². The average Bonchev–Trinajstić information content (AvgIpc) is 3.45. The Morgan fingerprint density at radius 2 is 1.77 bits per heavy atom. The summed E-state index contributed by atoms with van der Waals surface area (Å²) in [6, 6.07) is 18.8. The number of alkyl halides is 3. The van der Waals surface area contributed by atoms with Gasteiger partial charge in [-0.25, -0.2) is 14.8 Å². The molecule has 1 heterocycles. The lowest BCUT2D eigenvalue weighted by atomic mass is 10.1. The molecule has 0 aromatic heterocycles. The molecule has 0 aliphatic carbocycles. The Morgan fingerprint density at radius 1 is 1.09 bits per heavy atom. The van der Waals surface area contributed by atoms with E-state index in [1.54, 1.807) is 31.4 Å². The largest absolute Gasteiger partial charge is 0.573 e. The normalized spacial score (nSPS) is 15.2. The van der Waals surface area contributed by atoms with Crippen LogP contribution in [-0.2, 0) is 9.47 Å². The van der Waals surface area contributed by atoms with Crippen LogP contribution in [0.15, 0.2) is 81.8 Å². The Labute approximate surface area is 257 Å². The molecular weight excluding hydrogens is 597 g/mol. The van der Waals surface area contributed by atoms with Gasteiger partial charge in [0, 0.05) is 0 Å². The zero-order valence-electron chi connectivity index (χ0n) is 24.3. The molecule has 0 radical (unpaired) electrons. The molecule has 1 atom stereocenters. The van der Waals surface area contributed by atoms with Crippen LogP contribution < -0.4 is 20.6 Å². The van der Waals surface area contributed by atoms with Crippen molar-refractivity contribution in [1.82, 2.24) is 10.9 Å². The highest BCUT2D eigenvalue weighted by Crippen LogP contribution is 2.27. The van der Waals surface area contributed by atoms with E-state index in [0.717, 1.165) is 39.7 Å². The molecule has 232 valence electrons. The molecule has 0 fully saturated rings. The Balaban J connectivity index is 1.36. The molecular formula is C30H31F3N6O4S. The second-order valence-electron chi connectivity index (χ2n) is 9.73. The number of rotatable bonds is 9. The van der Waals surface area contributed by atoms with Crippen LogP contribution in [0.3, 0.4) is 0 Å². The van der Waals surface area contributed by atoms with Crippen molar-refractivity contribution in [3.8, 4) is 5.75 Å². The Morgan fingerprint density at radius 3 is 2.41 bits per heavy atom. The molecule has 2 N–H and O–H groups in total. The second kappa shape index (κ2) is 14.8. The molecule has 3 aromatic rings. The maximum absolute atomic E-state index is 12.4. The van der Waals surface area contributed by atoms with Crippen LogP contribution in [0.5, 0.6) is 5.75 Å². The van der Waals surface area contributed by atoms with Gasteiger partial charge in [0.2, 0.25) is 0 Å². The highest BCUT2D eigenvalue weighted by Gasteiger charge is 2.31. The summed E-state index contributed by atoms with van der Waals surface area (Å²) >= 11 is 1.16. The molecule has 0 bridgehead atoms. The first-order valence-electron chi connectivity index (χ1n) is 13.4. The number of anilines is 1. The van der Waals surface area contributed by atoms with Crippen LogP contribution in [-0.4, -0.2) is 42.3 Å². The molecule has 0 amide bonds. The predicted octanol–water partition coefficient (Wildman–Crippen LogP) is 7.12. The number of hydrogen-bond donors (Lipinski definition) is 2. The van der Waals surface area contributed by atoms with Crippen LogP contribution >= 0.6 is 11.8 Å². The molecule has 0 saturated heterocycles. The number of carbonyl (C=O) groups excluding carboxylic acids is 1. The summed E-state index contributed by atoms with van der Waals surface area (Å²) in [5.41, 5.74) is 11.1. The molecule has 1 unspecified atom stereocenters. The van der Waals surface area contributed by atoms with E-state index in [1.807, 2.05) is 56.3 Å². The van der Waals surface area contributed by atoms with Crippen molar-refractivity contribution < 1.29 is 32.2 Å². The van der Waals surface area contributed by atoms with Gasteiger partial charge in [-0.05, 0) is 86.0 Å². The maximum atomic E-state index is 12.4. The highest BCUT2D eigenvalue weighted by atomic mass is 32.2. The van der Waals surface area contributed by atoms with Gasteiger partial charge in [0.1, 0.15) is 24.2 Å². The minimum absolute atomic E-state index is 0.0239. The smallest absolute Gasteiger partial charge is 0.432 e. The van der Waals surface area contributed by atoms with Crippen molar-refractivity contribution in [3.05, 3.63) is 89.0 Å². The first kappa shape index (κ1) is 32.4. The minimum atomic E-state index is -4.75. The van der Waals surface area contributed by atoms with Gasteiger partial charge in [0.05, 0.1) is 23.7 Å². The summed E-state index contributed by atoms with van der Waals surface area (Å²) in [6.45, 7) is 7.39. The van der Waals surface area contributed by atoms with Crippen molar-refractivity contribution in [2.45, 2.75) is 46.3 Å². The molecule has 1 aliphatic rings. The average molecular weight is 629 g/mol. The number of para-hydroxylation sites is 1. The van der Waals surface area contributed by atoms with Crippen molar-refractivity contribution >= 4 is 47.0 Å². The number of hydrogen-bond acceptors (Lipinski definition) is 10. The first-order valence-corrected chi connectivity index (χ1v) is 14.4. The summed E-state index contributed by atoms with van der Waals surface area (Å²) in [6.07, 6.45) is -3.01. The lowest BCUT2D eigenvalue weighted by Gasteiger charge is -2.18. The Kier molecular flexibility index (Phi) is 10.8. The lowest BCUT2D eigenvalue weighted by molar-refractivity contribution is -0.274. The number of thioether (sulfide) groups is 1. The number of halogens is 3. The zero-order valence-corrected chi connectivity index (χ0v) is 25.1. The number of nitrogens with zero attached hydrogens (tertiary/aromatic N) is 4. The zero-order chi connectivity index (χ0) is 31.7. The van der Waals surface area contributed by atoms with Crippen LogP contribution in [0, 0.1) is 13.8 Å². The SMILES string of the molecule is Cc1cccc(C)c1/N=C(/N/N=C/c1ccc(C2N=CN(c3ccc(OC(F)(F)F)cc3)N2)cc1)SCOC(=O)OC(C)C. The third-order valence-electron chi connectivity index (χ3n) is 5.92. The highest BCUT2D eigenvalue weighted by molar-refractivity contribution is 8.13. The van der Waals surface area contributed by atoms with Crippen LogP contribution in [0.1, 0.15) is 42.3 Å². The number of benzene rings is 3. The second-order valence-corrected chi connectivity index (χ2v) is 10.6. The number of amidine groups is 1. The maximum Gasteiger partial charge on any atom is 0.573 e. The summed E-state index contributed by atoms with van der Waals surface area (Å²) in [5, 5.41) is 6.36. The van der Waals surface area contributed by atoms with Crippen molar-refractivity contribution in [2.75, 3.05) is 10.9 Å². The molecule has 14 heteroatoms. The van der Waals surface area contributed by atoms with Gasteiger partial charge in [-0.3, -0.25) is 10.4 Å². The van der Waals surface area contributed by atoms with E-state index in [1.165, 1.54) is 24.3 Å². The van der Waals surface area contributed by atoms with E-state index in [4.69, 9.17) is 14.5 Å². The fourth-order valence-corrected chi connectivity index (χ4v) is 4.44. The van der Waals surface area contributed by atoms with E-state index in [-0.39, 0.29) is 24.0 Å². The van der Waals surface area contributed by atoms with Crippen molar-refractivity contribution in [2.24, 2.45) is 15.1 Å². The van der Waals surface area contributed by atoms with Crippen molar-refractivity contribution in [3.63, 3.8) is 0 Å². The van der Waals surface area contributed by atoms with E-state index >= 15 is 0 Å². The first-order chi connectivity index (χ1) is 21.0. The van der Waals surface area contributed by atoms with Crippen molar-refractivity contribution in [1.29, 1.82) is 0 Å². The summed E-state index contributed by atoms with van der Waals surface area (Å²) in [4.78, 5) is 20.9.